The quantitative estimate of drug-likeness (QED) is 0.438. The van der Waals surface area contributed by atoms with Crippen molar-refractivity contribution in [3.8, 4) is 0 Å². The van der Waals surface area contributed by atoms with Gasteiger partial charge >= 0.3 is 0 Å². The fraction of sp³-hybridized carbons (Fsp3) is 0.304. The molecule has 0 heterocycles. The molecule has 6 heteroatoms. The van der Waals surface area contributed by atoms with Crippen molar-refractivity contribution in [2.45, 2.75) is 38.5 Å². The molecule has 0 unspecified atom stereocenters. The Kier molecular flexibility index (Phi) is 8.52. The molecule has 154 valence electrons. The van der Waals surface area contributed by atoms with E-state index in [1.165, 1.54) is 29.2 Å². The van der Waals surface area contributed by atoms with Gasteiger partial charge in [0.05, 0.1) is 0 Å². The number of nitrogens with zero attached hydrogens (tertiary/aromatic N) is 1. The molecular weight excluding hydrogens is 374 g/mol. The van der Waals surface area contributed by atoms with Crippen molar-refractivity contribution in [2.75, 3.05) is 17.3 Å². The van der Waals surface area contributed by atoms with Gasteiger partial charge < -0.3 is 10.2 Å². The molecule has 4 nitrogen and oxygen atoms in total. The monoisotopic (exact) mass is 400 g/mol. The van der Waals surface area contributed by atoms with Gasteiger partial charge in [0.15, 0.2) is 0 Å². The number of anilines is 2. The fourth-order valence-electron chi connectivity index (χ4n) is 2.94. The molecule has 29 heavy (non-hydrogen) atoms. The first-order chi connectivity index (χ1) is 13.9. The Hall–Kier alpha value is -3.02. The molecule has 2 amide bonds. The van der Waals surface area contributed by atoms with Gasteiger partial charge in [-0.2, -0.15) is 0 Å². The molecule has 0 aliphatic carbocycles. The fourth-order valence-corrected chi connectivity index (χ4v) is 2.94. The number of carbonyl (C=O) groups excluding carboxylic acids is 2. The van der Waals surface area contributed by atoms with Gasteiger partial charge in [-0.05, 0) is 67.3 Å². The standard InChI is InChI=1S/C23H26F2N2O2/c1-3-7-17-16-19(25)12-15-21(17)26-22(28)8-5-4-6-9-23(29)27(2)20-13-10-18(24)11-14-20/h3,10-16H,1,4-9H2,2H3,(H,26,28). The highest BCUT2D eigenvalue weighted by Gasteiger charge is 2.11. The minimum absolute atomic E-state index is 0.0542. The lowest BCUT2D eigenvalue weighted by molar-refractivity contribution is -0.118. The average Bonchev–Trinajstić information content (AvgIpc) is 2.70. The number of amides is 2. The molecule has 0 fully saturated rings. The van der Waals surface area contributed by atoms with Crippen LogP contribution in [0.5, 0.6) is 0 Å². The van der Waals surface area contributed by atoms with Crippen molar-refractivity contribution < 1.29 is 18.4 Å². The third-order valence-electron chi connectivity index (χ3n) is 4.59. The third-order valence-corrected chi connectivity index (χ3v) is 4.59. The minimum Gasteiger partial charge on any atom is -0.326 e. The highest BCUT2D eigenvalue weighted by molar-refractivity contribution is 5.93. The average molecular weight is 400 g/mol. The summed E-state index contributed by atoms with van der Waals surface area (Å²) in [7, 11) is 1.66. The van der Waals surface area contributed by atoms with Crippen LogP contribution in [0.2, 0.25) is 0 Å². The van der Waals surface area contributed by atoms with Crippen molar-refractivity contribution in [2.24, 2.45) is 0 Å². The topological polar surface area (TPSA) is 49.4 Å². The Bertz CT molecular complexity index is 850. The van der Waals surface area contributed by atoms with Crippen molar-refractivity contribution in [1.29, 1.82) is 0 Å². The van der Waals surface area contributed by atoms with E-state index in [4.69, 9.17) is 0 Å². The van der Waals surface area contributed by atoms with Crippen LogP contribution < -0.4 is 10.2 Å². The summed E-state index contributed by atoms with van der Waals surface area (Å²) in [5.74, 6) is -0.890. The van der Waals surface area contributed by atoms with E-state index in [2.05, 4.69) is 11.9 Å². The summed E-state index contributed by atoms with van der Waals surface area (Å²) in [6.45, 7) is 3.64. The zero-order valence-corrected chi connectivity index (χ0v) is 16.6. The van der Waals surface area contributed by atoms with Crippen LogP contribution >= 0.6 is 0 Å². The number of hydrogen-bond acceptors (Lipinski definition) is 2. The first kappa shape index (κ1) is 22.3. The summed E-state index contributed by atoms with van der Waals surface area (Å²) in [4.78, 5) is 25.8. The zero-order chi connectivity index (χ0) is 21.2. The second-order valence-electron chi connectivity index (χ2n) is 6.83. The maximum atomic E-state index is 13.3. The SMILES string of the molecule is C=CCc1cc(F)ccc1NC(=O)CCCCCC(=O)N(C)c1ccc(F)cc1. The zero-order valence-electron chi connectivity index (χ0n) is 16.6. The molecule has 0 saturated heterocycles. The first-order valence-electron chi connectivity index (χ1n) is 9.62. The molecule has 2 aromatic carbocycles. The van der Waals surface area contributed by atoms with E-state index in [0.29, 0.717) is 49.0 Å². The number of allylic oxidation sites excluding steroid dienone is 1. The number of carbonyl (C=O) groups is 2. The summed E-state index contributed by atoms with van der Waals surface area (Å²) >= 11 is 0. The van der Waals surface area contributed by atoms with Crippen molar-refractivity contribution in [3.63, 3.8) is 0 Å². The predicted octanol–water partition coefficient (Wildman–Crippen LogP) is 5.25. The van der Waals surface area contributed by atoms with E-state index in [-0.39, 0.29) is 23.4 Å². The molecule has 1 N–H and O–H groups in total. The van der Waals surface area contributed by atoms with Gasteiger partial charge in [-0.1, -0.05) is 12.5 Å². The van der Waals surface area contributed by atoms with Gasteiger partial charge in [-0.15, -0.1) is 6.58 Å². The van der Waals surface area contributed by atoms with Crippen molar-refractivity contribution >= 4 is 23.2 Å². The van der Waals surface area contributed by atoms with Gasteiger partial charge in [-0.3, -0.25) is 9.59 Å². The number of benzene rings is 2. The second kappa shape index (κ2) is 11.1. The molecule has 2 aromatic rings. The predicted molar refractivity (Wildman–Crippen MR) is 112 cm³/mol. The summed E-state index contributed by atoms with van der Waals surface area (Å²) in [5.41, 5.74) is 1.92. The van der Waals surface area contributed by atoms with E-state index >= 15 is 0 Å². The maximum absolute atomic E-state index is 13.3. The summed E-state index contributed by atoms with van der Waals surface area (Å²) in [6.07, 6.45) is 4.86. The van der Waals surface area contributed by atoms with Gasteiger partial charge in [-0.25, -0.2) is 8.78 Å². The third kappa shape index (κ3) is 7.14. The molecular formula is C23H26F2N2O2. The van der Waals surface area contributed by atoms with Crippen LogP contribution in [0.4, 0.5) is 20.2 Å². The molecule has 0 aliphatic rings. The lowest BCUT2D eigenvalue weighted by Crippen LogP contribution is -2.25. The molecule has 0 saturated carbocycles. The van der Waals surface area contributed by atoms with Crippen LogP contribution in [-0.4, -0.2) is 18.9 Å². The molecule has 0 atom stereocenters. The number of nitrogens with one attached hydrogen (secondary N) is 1. The Morgan fingerprint density at radius 1 is 1.00 bits per heavy atom. The molecule has 0 spiro atoms. The van der Waals surface area contributed by atoms with Gasteiger partial charge in [0.2, 0.25) is 11.8 Å². The summed E-state index contributed by atoms with van der Waals surface area (Å²) < 4.78 is 26.3. The van der Waals surface area contributed by atoms with Crippen molar-refractivity contribution in [3.05, 3.63) is 72.3 Å². The van der Waals surface area contributed by atoms with E-state index in [1.807, 2.05) is 0 Å². The van der Waals surface area contributed by atoms with Crippen LogP contribution in [0.15, 0.2) is 55.1 Å². The van der Waals surface area contributed by atoms with Gasteiger partial charge in [0.1, 0.15) is 11.6 Å². The van der Waals surface area contributed by atoms with E-state index in [0.717, 1.165) is 6.42 Å². The van der Waals surface area contributed by atoms with Crippen LogP contribution in [-0.2, 0) is 16.0 Å². The maximum Gasteiger partial charge on any atom is 0.226 e. The lowest BCUT2D eigenvalue weighted by Gasteiger charge is -2.17. The molecule has 0 aromatic heterocycles. The van der Waals surface area contributed by atoms with Crippen LogP contribution in [0.1, 0.15) is 37.7 Å². The Morgan fingerprint density at radius 2 is 1.66 bits per heavy atom. The first-order valence-corrected chi connectivity index (χ1v) is 9.62. The Labute approximate surface area is 170 Å². The van der Waals surface area contributed by atoms with Gasteiger partial charge in [0, 0.05) is 31.3 Å². The minimum atomic E-state index is -0.352. The normalized spacial score (nSPS) is 10.4. The Balaban J connectivity index is 1.71. The molecule has 0 aliphatic heterocycles. The molecule has 0 radical (unpaired) electrons. The Morgan fingerprint density at radius 3 is 2.34 bits per heavy atom. The van der Waals surface area contributed by atoms with E-state index < -0.39 is 0 Å². The van der Waals surface area contributed by atoms with E-state index in [1.54, 1.807) is 31.3 Å². The number of halogens is 2. The smallest absolute Gasteiger partial charge is 0.226 e. The highest BCUT2D eigenvalue weighted by Crippen LogP contribution is 2.19. The van der Waals surface area contributed by atoms with E-state index in [9.17, 15) is 18.4 Å². The number of hydrogen-bond donors (Lipinski definition) is 1. The van der Waals surface area contributed by atoms with Crippen LogP contribution in [0.25, 0.3) is 0 Å². The van der Waals surface area contributed by atoms with Crippen LogP contribution in [0, 0.1) is 11.6 Å². The number of rotatable bonds is 10. The highest BCUT2D eigenvalue weighted by atomic mass is 19.1. The van der Waals surface area contributed by atoms with Crippen molar-refractivity contribution in [1.82, 2.24) is 0 Å². The van der Waals surface area contributed by atoms with Crippen LogP contribution in [0.3, 0.4) is 0 Å². The molecule has 0 bridgehead atoms. The van der Waals surface area contributed by atoms with Gasteiger partial charge in [0.25, 0.3) is 0 Å². The second-order valence-corrected chi connectivity index (χ2v) is 6.83. The largest absolute Gasteiger partial charge is 0.326 e. The molecule has 2 rings (SSSR count). The number of unbranched alkanes of at least 4 members (excludes halogenated alkanes) is 2. The summed E-state index contributed by atoms with van der Waals surface area (Å²) in [5, 5.41) is 2.81. The summed E-state index contributed by atoms with van der Waals surface area (Å²) in [6, 6.07) is 10.0. The lowest BCUT2D eigenvalue weighted by atomic mass is 10.1.